The summed E-state index contributed by atoms with van der Waals surface area (Å²) in [5.74, 6) is -2.12. The molecule has 8 heteroatoms. The summed E-state index contributed by atoms with van der Waals surface area (Å²) in [5, 5.41) is 11.9. The largest absolute Gasteiger partial charge is 0.374 e. The molecule has 0 aromatic heterocycles. The van der Waals surface area contributed by atoms with E-state index in [2.05, 4.69) is 0 Å². The molecule has 0 spiro atoms. The maximum Gasteiger partial charge on any atom is 0.226 e. The normalized spacial score (nSPS) is 23.8. The van der Waals surface area contributed by atoms with Crippen LogP contribution in [-0.2, 0) is 50.1 Å². The average molecular weight is 624 g/mol. The molecule has 1 heterocycles. The Morgan fingerprint density at radius 3 is 1.42 bits per heavy atom. The van der Waals surface area contributed by atoms with Crippen LogP contribution in [0.3, 0.4) is 0 Å². The first kappa shape index (κ1) is 31.6. The lowest BCUT2D eigenvalue weighted by molar-refractivity contribution is -0.365. The van der Waals surface area contributed by atoms with Crippen LogP contribution in [0.1, 0.15) is 22.3 Å². The maximum absolute atomic E-state index is 11.9. The van der Waals surface area contributed by atoms with E-state index < -0.39 is 35.0 Å². The summed E-state index contributed by atoms with van der Waals surface area (Å²) in [6.45, 7) is 1.13. The minimum atomic E-state index is -2.12. The lowest BCUT2D eigenvalue weighted by Crippen LogP contribution is -2.69. The summed E-state index contributed by atoms with van der Waals surface area (Å²) in [6, 6.07) is 39.1. The van der Waals surface area contributed by atoms with Gasteiger partial charge in [0.25, 0.3) is 0 Å². The highest BCUT2D eigenvalue weighted by Gasteiger charge is 2.59. The smallest absolute Gasteiger partial charge is 0.226 e. The molecular weight excluding hydrogens is 587 g/mol. The van der Waals surface area contributed by atoms with Gasteiger partial charge in [0.2, 0.25) is 5.79 Å². The number of ether oxygens (including phenoxy) is 5. The Morgan fingerprint density at radius 1 is 0.581 bits per heavy atom. The minimum absolute atomic E-state index is 0.0910. The summed E-state index contributed by atoms with van der Waals surface area (Å²) in [5.41, 5.74) is 3.83. The predicted molar refractivity (Wildman–Crippen MR) is 166 cm³/mol. The Labute approximate surface area is 263 Å². The Morgan fingerprint density at radius 2 is 0.977 bits per heavy atom. The van der Waals surface area contributed by atoms with Gasteiger partial charge in [0.1, 0.15) is 24.4 Å². The van der Waals surface area contributed by atoms with Crippen LogP contribution < -0.4 is 0 Å². The zero-order chi connectivity index (χ0) is 29.9. The first-order valence-electron chi connectivity index (χ1n) is 14.3. The number of rotatable bonds is 14. The van der Waals surface area contributed by atoms with E-state index in [-0.39, 0.29) is 26.4 Å². The van der Waals surface area contributed by atoms with E-state index in [1.807, 2.05) is 121 Å². The summed E-state index contributed by atoms with van der Waals surface area (Å²) < 4.78 is 31.8. The highest BCUT2D eigenvalue weighted by Crippen LogP contribution is 2.40. The lowest BCUT2D eigenvalue weighted by Gasteiger charge is -2.50. The van der Waals surface area contributed by atoms with Crippen molar-refractivity contribution in [3.8, 4) is 0 Å². The molecule has 43 heavy (non-hydrogen) atoms. The van der Waals surface area contributed by atoms with Gasteiger partial charge in [0.15, 0.2) is 4.84 Å². The van der Waals surface area contributed by atoms with Crippen molar-refractivity contribution >= 4 is 23.2 Å². The monoisotopic (exact) mass is 622 g/mol. The molecular formula is C35H36Cl2O6. The molecule has 4 aromatic carbocycles. The van der Waals surface area contributed by atoms with Crippen LogP contribution in [0.25, 0.3) is 0 Å². The van der Waals surface area contributed by atoms with Crippen molar-refractivity contribution < 1.29 is 28.8 Å². The van der Waals surface area contributed by atoms with Crippen molar-refractivity contribution in [3.63, 3.8) is 0 Å². The van der Waals surface area contributed by atoms with E-state index in [4.69, 9.17) is 46.9 Å². The van der Waals surface area contributed by atoms with E-state index in [9.17, 15) is 5.11 Å². The Bertz CT molecular complexity index is 1350. The predicted octanol–water partition coefficient (Wildman–Crippen LogP) is 6.85. The van der Waals surface area contributed by atoms with Crippen molar-refractivity contribution in [2.75, 3.05) is 6.61 Å². The van der Waals surface area contributed by atoms with Crippen LogP contribution >= 0.6 is 23.2 Å². The van der Waals surface area contributed by atoms with Crippen LogP contribution in [0.15, 0.2) is 121 Å². The van der Waals surface area contributed by atoms with E-state index in [0.717, 1.165) is 22.3 Å². The van der Waals surface area contributed by atoms with Crippen molar-refractivity contribution in [1.82, 2.24) is 0 Å². The Balaban J connectivity index is 1.45. The second kappa shape index (κ2) is 15.8. The zero-order valence-electron chi connectivity index (χ0n) is 23.7. The molecule has 1 aliphatic heterocycles. The fraction of sp³-hybridized carbons (Fsp3) is 0.314. The molecule has 0 aliphatic carbocycles. The molecule has 5 atom stereocenters. The fourth-order valence-corrected chi connectivity index (χ4v) is 5.41. The van der Waals surface area contributed by atoms with Gasteiger partial charge in [0.05, 0.1) is 33.0 Å². The van der Waals surface area contributed by atoms with E-state index in [1.165, 1.54) is 0 Å². The van der Waals surface area contributed by atoms with Crippen LogP contribution in [0, 0.1) is 0 Å². The van der Waals surface area contributed by atoms with Gasteiger partial charge in [-0.15, -0.1) is 0 Å². The quantitative estimate of drug-likeness (QED) is 0.155. The Hall–Kier alpha value is -2.78. The highest BCUT2D eigenvalue weighted by molar-refractivity contribution is 6.45. The van der Waals surface area contributed by atoms with Crippen LogP contribution in [0.5, 0.6) is 0 Å². The number of halogens is 2. The molecule has 1 fully saturated rings. The molecule has 226 valence electrons. The number of alkyl halides is 2. The second-order valence-electron chi connectivity index (χ2n) is 10.4. The molecule has 1 saturated heterocycles. The minimum Gasteiger partial charge on any atom is -0.374 e. The third kappa shape index (κ3) is 8.66. The molecule has 1 aliphatic rings. The van der Waals surface area contributed by atoms with Crippen LogP contribution in [0.4, 0.5) is 0 Å². The van der Waals surface area contributed by atoms with Crippen LogP contribution in [-0.4, -0.2) is 46.8 Å². The number of aliphatic hydroxyl groups is 1. The van der Waals surface area contributed by atoms with Crippen molar-refractivity contribution in [3.05, 3.63) is 144 Å². The third-order valence-electron chi connectivity index (χ3n) is 7.29. The molecule has 4 aromatic rings. The first-order chi connectivity index (χ1) is 21.0. The average Bonchev–Trinajstić information content (AvgIpc) is 3.04. The SMILES string of the molecule is OC1(C(Cl)Cl)O[C@H](COCc2ccccc2)[C@@H](OCc2ccccc2)[C@H](OCc2ccccc2)[C@@H]1OCc1ccccc1. The molecule has 5 rings (SSSR count). The van der Waals surface area contributed by atoms with Gasteiger partial charge >= 0.3 is 0 Å². The summed E-state index contributed by atoms with van der Waals surface area (Å²) in [7, 11) is 0. The van der Waals surface area contributed by atoms with Gasteiger partial charge in [0, 0.05) is 0 Å². The van der Waals surface area contributed by atoms with Gasteiger partial charge < -0.3 is 28.8 Å². The molecule has 1 N–H and O–H groups in total. The fourth-order valence-electron chi connectivity index (χ4n) is 5.06. The number of hydrogen-bond donors (Lipinski definition) is 1. The molecule has 0 saturated carbocycles. The summed E-state index contributed by atoms with van der Waals surface area (Å²) >= 11 is 12.9. The molecule has 0 bridgehead atoms. The second-order valence-corrected chi connectivity index (χ2v) is 11.5. The molecule has 1 unspecified atom stereocenters. The van der Waals surface area contributed by atoms with Crippen molar-refractivity contribution in [1.29, 1.82) is 0 Å². The number of benzene rings is 4. The van der Waals surface area contributed by atoms with Gasteiger partial charge in [-0.25, -0.2) is 0 Å². The van der Waals surface area contributed by atoms with Crippen LogP contribution in [0.2, 0.25) is 0 Å². The van der Waals surface area contributed by atoms with Gasteiger partial charge in [-0.1, -0.05) is 145 Å². The zero-order valence-corrected chi connectivity index (χ0v) is 25.2. The number of hydrogen-bond acceptors (Lipinski definition) is 6. The van der Waals surface area contributed by atoms with E-state index in [0.29, 0.717) is 6.61 Å². The van der Waals surface area contributed by atoms with Gasteiger partial charge in [-0.2, -0.15) is 0 Å². The lowest BCUT2D eigenvalue weighted by atomic mass is 9.92. The van der Waals surface area contributed by atoms with Crippen molar-refractivity contribution in [2.45, 2.75) is 61.5 Å². The molecule has 6 nitrogen and oxygen atoms in total. The van der Waals surface area contributed by atoms with Gasteiger partial charge in [-0.05, 0) is 22.3 Å². The van der Waals surface area contributed by atoms with Gasteiger partial charge in [-0.3, -0.25) is 0 Å². The maximum atomic E-state index is 11.9. The highest BCUT2D eigenvalue weighted by atomic mass is 35.5. The Kier molecular flexibility index (Phi) is 11.6. The summed E-state index contributed by atoms with van der Waals surface area (Å²) in [6.07, 6.45) is -3.40. The molecule has 0 radical (unpaired) electrons. The first-order valence-corrected chi connectivity index (χ1v) is 15.2. The summed E-state index contributed by atoms with van der Waals surface area (Å²) in [4.78, 5) is -1.36. The third-order valence-corrected chi connectivity index (χ3v) is 7.91. The van der Waals surface area contributed by atoms with E-state index in [1.54, 1.807) is 0 Å². The topological polar surface area (TPSA) is 66.4 Å². The van der Waals surface area contributed by atoms with Crippen molar-refractivity contribution in [2.24, 2.45) is 0 Å². The molecule has 0 amide bonds. The van der Waals surface area contributed by atoms with E-state index >= 15 is 0 Å². The standard InChI is InChI=1S/C35H36Cl2O6/c36-34(37)35(38)33(42-24-29-19-11-4-12-20-29)32(41-23-28-17-9-3-10-18-28)31(40-22-27-15-7-2-8-16-27)30(43-35)25-39-21-26-13-5-1-6-14-26/h1-20,30-34,38H,21-25H2/t30-,31-,32+,33+,35?/m1/s1.